The highest BCUT2D eigenvalue weighted by molar-refractivity contribution is 9.10. The van der Waals surface area contributed by atoms with E-state index in [1.807, 2.05) is 31.2 Å². The number of carboxylic acid groups (broad SMARTS) is 1. The van der Waals surface area contributed by atoms with Crippen molar-refractivity contribution < 1.29 is 19.4 Å². The minimum atomic E-state index is -0.916. The molecule has 136 valence electrons. The molecule has 25 heavy (non-hydrogen) atoms. The van der Waals surface area contributed by atoms with Crippen molar-refractivity contribution in [3.63, 3.8) is 0 Å². The van der Waals surface area contributed by atoms with Crippen LogP contribution in [-0.4, -0.2) is 24.8 Å². The Morgan fingerprint density at radius 2 is 1.80 bits per heavy atom. The predicted molar refractivity (Wildman–Crippen MR) is 103 cm³/mol. The van der Waals surface area contributed by atoms with Crippen molar-refractivity contribution in [1.82, 2.24) is 5.32 Å². The van der Waals surface area contributed by atoms with E-state index in [1.165, 1.54) is 0 Å². The van der Waals surface area contributed by atoms with E-state index in [4.69, 9.17) is 14.6 Å². The minimum absolute atomic E-state index is 0. The van der Waals surface area contributed by atoms with E-state index in [0.717, 1.165) is 15.6 Å². The molecule has 2 aromatic carbocycles. The summed E-state index contributed by atoms with van der Waals surface area (Å²) in [5, 5.41) is 12.2. The van der Waals surface area contributed by atoms with Crippen molar-refractivity contribution in [3.8, 4) is 11.5 Å². The fourth-order valence-corrected chi connectivity index (χ4v) is 2.88. The molecule has 7 heteroatoms. The molecule has 0 saturated carbocycles. The number of methoxy groups -OCH3 is 1. The van der Waals surface area contributed by atoms with Gasteiger partial charge in [0.15, 0.2) is 11.5 Å². The molecule has 0 fully saturated rings. The first-order valence-corrected chi connectivity index (χ1v) is 8.36. The quantitative estimate of drug-likeness (QED) is 0.655. The number of benzene rings is 2. The van der Waals surface area contributed by atoms with Gasteiger partial charge in [-0.1, -0.05) is 12.1 Å². The van der Waals surface area contributed by atoms with Gasteiger partial charge in [-0.05, 0) is 58.2 Å². The Morgan fingerprint density at radius 3 is 2.36 bits per heavy atom. The molecule has 0 spiro atoms. The summed E-state index contributed by atoms with van der Waals surface area (Å²) in [5.74, 6) is 0.475. The molecule has 2 rings (SSSR count). The van der Waals surface area contributed by atoms with Gasteiger partial charge in [0.2, 0.25) is 0 Å². The molecule has 0 aromatic heterocycles. The summed E-state index contributed by atoms with van der Waals surface area (Å²) in [4.78, 5) is 10.8. The van der Waals surface area contributed by atoms with Crippen molar-refractivity contribution in [1.29, 1.82) is 0 Å². The van der Waals surface area contributed by atoms with E-state index in [2.05, 4.69) is 21.2 Å². The maximum atomic E-state index is 10.8. The normalized spacial score (nSPS) is 10.0. The molecule has 2 aromatic rings. The van der Waals surface area contributed by atoms with E-state index in [-0.39, 0.29) is 12.4 Å². The van der Waals surface area contributed by atoms with Crippen LogP contribution in [0, 0.1) is 0 Å². The zero-order valence-corrected chi connectivity index (χ0v) is 16.4. The zero-order valence-electron chi connectivity index (χ0n) is 14.0. The summed E-state index contributed by atoms with van der Waals surface area (Å²) in [7, 11) is 1.62. The first-order chi connectivity index (χ1) is 11.5. The van der Waals surface area contributed by atoms with Crippen molar-refractivity contribution in [2.24, 2.45) is 0 Å². The summed E-state index contributed by atoms with van der Waals surface area (Å²) in [5.41, 5.74) is 2.38. The number of halogens is 2. The third kappa shape index (κ3) is 5.92. The third-order valence-electron chi connectivity index (χ3n) is 3.44. The molecule has 0 unspecified atom stereocenters. The van der Waals surface area contributed by atoms with Gasteiger partial charge < -0.3 is 19.9 Å². The summed E-state index contributed by atoms with van der Waals surface area (Å²) in [6, 6.07) is 10.8. The zero-order chi connectivity index (χ0) is 17.5. The van der Waals surface area contributed by atoms with Gasteiger partial charge in [-0.25, -0.2) is 4.79 Å². The smallest absolute Gasteiger partial charge is 0.335 e. The predicted octanol–water partition coefficient (Wildman–Crippen LogP) is 4.27. The number of nitrogens with one attached hydrogen (secondary N) is 1. The first kappa shape index (κ1) is 21.3. The molecule has 2 N–H and O–H groups in total. The molecule has 0 amide bonds. The number of hydrogen-bond donors (Lipinski definition) is 2. The molecule has 0 heterocycles. The molecule has 5 nitrogen and oxygen atoms in total. The number of carboxylic acids is 1. The van der Waals surface area contributed by atoms with Crippen LogP contribution in [0.2, 0.25) is 0 Å². The summed E-state index contributed by atoms with van der Waals surface area (Å²) >= 11 is 3.51. The Hall–Kier alpha value is -1.76. The van der Waals surface area contributed by atoms with Crippen molar-refractivity contribution >= 4 is 34.3 Å². The second-order valence-corrected chi connectivity index (χ2v) is 6.00. The molecule has 0 bridgehead atoms. The van der Waals surface area contributed by atoms with Crippen molar-refractivity contribution in [2.45, 2.75) is 20.0 Å². The van der Waals surface area contributed by atoms with E-state index < -0.39 is 5.97 Å². The van der Waals surface area contributed by atoms with E-state index >= 15 is 0 Å². The highest BCUT2D eigenvalue weighted by Gasteiger charge is 2.11. The van der Waals surface area contributed by atoms with Crippen LogP contribution in [0.15, 0.2) is 40.9 Å². The van der Waals surface area contributed by atoms with Gasteiger partial charge in [-0.3, -0.25) is 0 Å². The average molecular weight is 431 g/mol. The Morgan fingerprint density at radius 1 is 1.16 bits per heavy atom. The number of aromatic carboxylic acids is 1. The highest BCUT2D eigenvalue weighted by Crippen LogP contribution is 2.36. The summed E-state index contributed by atoms with van der Waals surface area (Å²) in [6.07, 6.45) is 0. The molecule has 0 aliphatic heterocycles. The van der Waals surface area contributed by atoms with E-state index in [1.54, 1.807) is 19.2 Å². The fraction of sp³-hybridized carbons (Fsp3) is 0.278. The molecule has 0 atom stereocenters. The minimum Gasteiger partial charge on any atom is -0.493 e. The maximum absolute atomic E-state index is 10.8. The SMILES string of the molecule is CCOc1c(Br)cc(CNCc2ccc(C(=O)O)cc2)cc1OC.Cl. The van der Waals surface area contributed by atoms with E-state index in [9.17, 15) is 4.79 Å². The van der Waals surface area contributed by atoms with E-state index in [0.29, 0.717) is 36.8 Å². The van der Waals surface area contributed by atoms with Crippen LogP contribution < -0.4 is 14.8 Å². The molecular formula is C18H21BrClNO4. The van der Waals surface area contributed by atoms with Crippen LogP contribution in [-0.2, 0) is 13.1 Å². The van der Waals surface area contributed by atoms with Crippen LogP contribution in [0.4, 0.5) is 0 Å². The monoisotopic (exact) mass is 429 g/mol. The highest BCUT2D eigenvalue weighted by atomic mass is 79.9. The van der Waals surface area contributed by atoms with Crippen LogP contribution in [0.3, 0.4) is 0 Å². The second kappa shape index (κ2) is 10.3. The molecular weight excluding hydrogens is 410 g/mol. The van der Waals surface area contributed by atoms with Crippen molar-refractivity contribution in [3.05, 3.63) is 57.6 Å². The molecule has 0 aliphatic carbocycles. The fourth-order valence-electron chi connectivity index (χ4n) is 2.28. The third-order valence-corrected chi connectivity index (χ3v) is 4.03. The molecule has 0 radical (unpaired) electrons. The van der Waals surface area contributed by atoms with Gasteiger partial charge in [0.25, 0.3) is 0 Å². The molecule has 0 saturated heterocycles. The van der Waals surface area contributed by atoms with Gasteiger partial charge in [0.1, 0.15) is 0 Å². The number of carbonyl (C=O) groups is 1. The van der Waals surface area contributed by atoms with Crippen LogP contribution in [0.5, 0.6) is 11.5 Å². The Bertz CT molecular complexity index is 707. The van der Waals surface area contributed by atoms with Crippen molar-refractivity contribution in [2.75, 3.05) is 13.7 Å². The van der Waals surface area contributed by atoms with Gasteiger partial charge in [-0.2, -0.15) is 0 Å². The van der Waals surface area contributed by atoms with Crippen LogP contribution in [0.1, 0.15) is 28.4 Å². The Balaban J connectivity index is 0.00000312. The molecule has 0 aliphatic rings. The van der Waals surface area contributed by atoms with Gasteiger partial charge in [0, 0.05) is 13.1 Å². The standard InChI is InChI=1S/C18H20BrNO4.ClH/c1-3-24-17-15(19)8-13(9-16(17)23-2)11-20-10-12-4-6-14(7-5-12)18(21)22;/h4-9,20H,3,10-11H2,1-2H3,(H,21,22);1H. The summed E-state index contributed by atoms with van der Waals surface area (Å²) in [6.45, 7) is 3.80. The number of rotatable bonds is 8. The average Bonchev–Trinajstić information content (AvgIpc) is 2.57. The topological polar surface area (TPSA) is 67.8 Å². The second-order valence-electron chi connectivity index (χ2n) is 5.15. The number of ether oxygens (including phenoxy) is 2. The lowest BCUT2D eigenvalue weighted by Gasteiger charge is -2.14. The largest absolute Gasteiger partial charge is 0.493 e. The maximum Gasteiger partial charge on any atom is 0.335 e. The lowest BCUT2D eigenvalue weighted by Crippen LogP contribution is -2.13. The summed E-state index contributed by atoms with van der Waals surface area (Å²) < 4.78 is 11.8. The van der Waals surface area contributed by atoms with Crippen LogP contribution in [0.25, 0.3) is 0 Å². The number of hydrogen-bond acceptors (Lipinski definition) is 4. The Labute approximate surface area is 161 Å². The lowest BCUT2D eigenvalue weighted by atomic mass is 10.1. The lowest BCUT2D eigenvalue weighted by molar-refractivity contribution is 0.0697. The van der Waals surface area contributed by atoms with Gasteiger partial charge in [0.05, 0.1) is 23.8 Å². The first-order valence-electron chi connectivity index (χ1n) is 7.57. The van der Waals surface area contributed by atoms with Crippen LogP contribution >= 0.6 is 28.3 Å². The van der Waals surface area contributed by atoms with Gasteiger partial charge in [-0.15, -0.1) is 12.4 Å². The van der Waals surface area contributed by atoms with Gasteiger partial charge >= 0.3 is 5.97 Å². The Kier molecular flexibility index (Phi) is 8.75.